The summed E-state index contributed by atoms with van der Waals surface area (Å²) >= 11 is 6.01. The van der Waals surface area contributed by atoms with Crippen LogP contribution in [0.5, 0.6) is 0 Å². The summed E-state index contributed by atoms with van der Waals surface area (Å²) in [6, 6.07) is 12.7. The van der Waals surface area contributed by atoms with Crippen LogP contribution in [0.25, 0.3) is 0 Å². The number of benzene rings is 2. The molecule has 0 unspecified atom stereocenters. The van der Waals surface area contributed by atoms with Gasteiger partial charge in [-0.1, -0.05) is 41.9 Å². The Morgan fingerprint density at radius 3 is 2.65 bits per heavy atom. The predicted molar refractivity (Wildman–Crippen MR) is 79.7 cm³/mol. The van der Waals surface area contributed by atoms with Crippen LogP contribution in [0.2, 0.25) is 5.02 Å². The van der Waals surface area contributed by atoms with Crippen LogP contribution in [0, 0.1) is 6.92 Å². The molecule has 4 heteroatoms. The van der Waals surface area contributed by atoms with E-state index in [1.807, 2.05) is 37.3 Å². The maximum absolute atomic E-state index is 12.0. The van der Waals surface area contributed by atoms with E-state index < -0.39 is 0 Å². The minimum Gasteiger partial charge on any atom is -0.392 e. The molecule has 0 fully saturated rings. The van der Waals surface area contributed by atoms with Crippen molar-refractivity contribution in [2.24, 2.45) is 0 Å². The lowest BCUT2D eigenvalue weighted by molar-refractivity contribution is 0.0951. The summed E-state index contributed by atoms with van der Waals surface area (Å²) in [5, 5.41) is 12.5. The Morgan fingerprint density at radius 1 is 1.20 bits per heavy atom. The van der Waals surface area contributed by atoms with Crippen molar-refractivity contribution in [3.05, 3.63) is 69.7 Å². The molecule has 2 aromatic carbocycles. The number of aliphatic hydroxyl groups excluding tert-OH is 1. The average Bonchev–Trinajstić information content (AvgIpc) is 2.47. The van der Waals surface area contributed by atoms with E-state index in [2.05, 4.69) is 5.32 Å². The Kier molecular flexibility index (Phi) is 4.77. The van der Waals surface area contributed by atoms with Crippen LogP contribution in [-0.4, -0.2) is 11.0 Å². The summed E-state index contributed by atoms with van der Waals surface area (Å²) in [7, 11) is 0. The van der Waals surface area contributed by atoms with E-state index in [0.717, 1.165) is 16.7 Å². The molecule has 2 N–H and O–H groups in total. The molecular formula is C16H16ClNO2. The van der Waals surface area contributed by atoms with E-state index in [1.165, 1.54) is 0 Å². The molecule has 0 atom stereocenters. The van der Waals surface area contributed by atoms with Crippen molar-refractivity contribution in [1.29, 1.82) is 0 Å². The van der Waals surface area contributed by atoms with E-state index in [4.69, 9.17) is 16.7 Å². The molecule has 0 saturated heterocycles. The minimum atomic E-state index is -0.165. The highest BCUT2D eigenvalue weighted by atomic mass is 35.5. The highest BCUT2D eigenvalue weighted by Crippen LogP contribution is 2.16. The number of aryl methyl sites for hydroxylation is 1. The fourth-order valence-electron chi connectivity index (χ4n) is 1.86. The van der Waals surface area contributed by atoms with Gasteiger partial charge < -0.3 is 10.4 Å². The van der Waals surface area contributed by atoms with Gasteiger partial charge in [0.1, 0.15) is 0 Å². The monoisotopic (exact) mass is 289 g/mol. The zero-order valence-electron chi connectivity index (χ0n) is 11.2. The number of amides is 1. The number of nitrogens with one attached hydrogen (secondary N) is 1. The molecule has 104 valence electrons. The fraction of sp³-hybridized carbons (Fsp3) is 0.188. The Bertz CT molecular complexity index is 626. The van der Waals surface area contributed by atoms with Gasteiger partial charge in [-0.25, -0.2) is 0 Å². The summed E-state index contributed by atoms with van der Waals surface area (Å²) < 4.78 is 0. The first-order valence-electron chi connectivity index (χ1n) is 6.33. The van der Waals surface area contributed by atoms with E-state index in [9.17, 15) is 4.79 Å². The average molecular weight is 290 g/mol. The Balaban J connectivity index is 2.02. The lowest BCUT2D eigenvalue weighted by Gasteiger charge is -2.07. The molecule has 2 rings (SSSR count). The summed E-state index contributed by atoms with van der Waals surface area (Å²) in [6.45, 7) is 2.30. The third-order valence-corrected chi connectivity index (χ3v) is 3.47. The Labute approximate surface area is 123 Å². The maximum Gasteiger partial charge on any atom is 0.251 e. The maximum atomic E-state index is 12.0. The van der Waals surface area contributed by atoms with Gasteiger partial charge in [-0.15, -0.1) is 0 Å². The van der Waals surface area contributed by atoms with Gasteiger partial charge in [0.25, 0.3) is 5.91 Å². The molecule has 0 spiro atoms. The molecule has 0 heterocycles. The highest BCUT2D eigenvalue weighted by Gasteiger charge is 2.07. The van der Waals surface area contributed by atoms with E-state index in [0.29, 0.717) is 17.1 Å². The first kappa shape index (κ1) is 14.6. The van der Waals surface area contributed by atoms with Crippen molar-refractivity contribution in [2.75, 3.05) is 0 Å². The van der Waals surface area contributed by atoms with Gasteiger partial charge in [-0.3, -0.25) is 4.79 Å². The molecular weight excluding hydrogens is 274 g/mol. The fourth-order valence-corrected chi connectivity index (χ4v) is 2.04. The lowest BCUT2D eigenvalue weighted by Crippen LogP contribution is -2.22. The first-order valence-corrected chi connectivity index (χ1v) is 6.71. The van der Waals surface area contributed by atoms with Gasteiger partial charge in [0.05, 0.1) is 6.61 Å². The van der Waals surface area contributed by atoms with Crippen LogP contribution < -0.4 is 5.32 Å². The van der Waals surface area contributed by atoms with Crippen LogP contribution in [-0.2, 0) is 13.2 Å². The molecule has 0 radical (unpaired) electrons. The zero-order chi connectivity index (χ0) is 14.5. The van der Waals surface area contributed by atoms with Crippen LogP contribution in [0.3, 0.4) is 0 Å². The van der Waals surface area contributed by atoms with Crippen molar-refractivity contribution >= 4 is 17.5 Å². The SMILES string of the molecule is Cc1ccc(C(=O)NCc2cccc(CO)c2)cc1Cl. The molecule has 0 aromatic heterocycles. The Morgan fingerprint density at radius 2 is 1.95 bits per heavy atom. The number of rotatable bonds is 4. The van der Waals surface area contributed by atoms with Crippen LogP contribution in [0.4, 0.5) is 0 Å². The first-order chi connectivity index (χ1) is 9.60. The van der Waals surface area contributed by atoms with E-state index >= 15 is 0 Å². The molecule has 0 bridgehead atoms. The van der Waals surface area contributed by atoms with Gasteiger partial charge in [-0.05, 0) is 35.7 Å². The minimum absolute atomic E-state index is 0.00461. The number of hydrogen-bond acceptors (Lipinski definition) is 2. The number of carbonyl (C=O) groups excluding carboxylic acids is 1. The quantitative estimate of drug-likeness (QED) is 0.909. The van der Waals surface area contributed by atoms with Crippen LogP contribution in [0.1, 0.15) is 27.0 Å². The van der Waals surface area contributed by atoms with Gasteiger partial charge >= 0.3 is 0 Å². The smallest absolute Gasteiger partial charge is 0.251 e. The molecule has 0 saturated carbocycles. The number of carbonyl (C=O) groups is 1. The second kappa shape index (κ2) is 6.55. The van der Waals surface area contributed by atoms with Gasteiger partial charge in [-0.2, -0.15) is 0 Å². The largest absolute Gasteiger partial charge is 0.392 e. The van der Waals surface area contributed by atoms with Gasteiger partial charge in [0, 0.05) is 17.1 Å². The zero-order valence-corrected chi connectivity index (χ0v) is 11.9. The van der Waals surface area contributed by atoms with E-state index in [-0.39, 0.29) is 12.5 Å². The second-order valence-electron chi connectivity index (χ2n) is 4.62. The molecule has 3 nitrogen and oxygen atoms in total. The second-order valence-corrected chi connectivity index (χ2v) is 5.03. The molecule has 1 amide bonds. The van der Waals surface area contributed by atoms with Crippen molar-refractivity contribution in [3.8, 4) is 0 Å². The molecule has 2 aromatic rings. The third kappa shape index (κ3) is 3.59. The van der Waals surface area contributed by atoms with Crippen molar-refractivity contribution < 1.29 is 9.90 Å². The van der Waals surface area contributed by atoms with Gasteiger partial charge in [0.15, 0.2) is 0 Å². The van der Waals surface area contributed by atoms with Crippen LogP contribution >= 0.6 is 11.6 Å². The number of hydrogen-bond donors (Lipinski definition) is 2. The lowest BCUT2D eigenvalue weighted by atomic mass is 10.1. The summed E-state index contributed by atoms with van der Waals surface area (Å²) in [6.07, 6.45) is 0. The normalized spacial score (nSPS) is 10.3. The summed E-state index contributed by atoms with van der Waals surface area (Å²) in [4.78, 5) is 12.0. The molecule has 0 aliphatic carbocycles. The number of aliphatic hydroxyl groups is 1. The summed E-state index contributed by atoms with van der Waals surface area (Å²) in [5.74, 6) is -0.165. The Hall–Kier alpha value is -1.84. The van der Waals surface area contributed by atoms with Gasteiger partial charge in [0.2, 0.25) is 0 Å². The molecule has 20 heavy (non-hydrogen) atoms. The molecule has 0 aliphatic heterocycles. The van der Waals surface area contributed by atoms with Crippen molar-refractivity contribution in [2.45, 2.75) is 20.1 Å². The van der Waals surface area contributed by atoms with E-state index in [1.54, 1.807) is 12.1 Å². The molecule has 0 aliphatic rings. The predicted octanol–water partition coefficient (Wildman–Crippen LogP) is 3.07. The van der Waals surface area contributed by atoms with Crippen molar-refractivity contribution in [3.63, 3.8) is 0 Å². The third-order valence-electron chi connectivity index (χ3n) is 3.06. The van der Waals surface area contributed by atoms with Crippen molar-refractivity contribution in [1.82, 2.24) is 5.32 Å². The van der Waals surface area contributed by atoms with Crippen LogP contribution in [0.15, 0.2) is 42.5 Å². The highest BCUT2D eigenvalue weighted by molar-refractivity contribution is 6.31. The standard InChI is InChI=1S/C16H16ClNO2/c1-11-5-6-14(8-15(11)17)16(20)18-9-12-3-2-4-13(7-12)10-19/h2-8,19H,9-10H2,1H3,(H,18,20). The topological polar surface area (TPSA) is 49.3 Å². The summed E-state index contributed by atoms with van der Waals surface area (Å²) in [5.41, 5.74) is 3.26. The number of halogens is 1.